The molecule has 0 radical (unpaired) electrons. The zero-order valence-electron chi connectivity index (χ0n) is 7.96. The van der Waals surface area contributed by atoms with Gasteiger partial charge in [0.2, 0.25) is 0 Å². The van der Waals surface area contributed by atoms with Gasteiger partial charge in [-0.1, -0.05) is 6.08 Å². The second-order valence-corrected chi connectivity index (χ2v) is 2.72. The van der Waals surface area contributed by atoms with Gasteiger partial charge in [-0.15, -0.1) is 0 Å². The molecule has 0 amide bonds. The molecule has 0 aromatic carbocycles. The van der Waals surface area contributed by atoms with E-state index in [9.17, 15) is 0 Å². The molecular formula is C9H18N2. The van der Waals surface area contributed by atoms with Gasteiger partial charge >= 0.3 is 0 Å². The van der Waals surface area contributed by atoms with Crippen molar-refractivity contribution in [1.29, 1.82) is 0 Å². The Balaban J connectivity index is 3.72. The molecule has 11 heavy (non-hydrogen) atoms. The maximum atomic E-state index is 4.22. The van der Waals surface area contributed by atoms with E-state index >= 15 is 0 Å². The van der Waals surface area contributed by atoms with Gasteiger partial charge in [-0.05, 0) is 27.9 Å². The summed E-state index contributed by atoms with van der Waals surface area (Å²) >= 11 is 0. The normalized spacial score (nSPS) is 13.4. The number of hydrogen-bond acceptors (Lipinski definition) is 2. The Hall–Kier alpha value is -0.630. The van der Waals surface area contributed by atoms with E-state index in [1.54, 1.807) is 0 Å². The molecule has 0 saturated carbocycles. The lowest BCUT2D eigenvalue weighted by Gasteiger charge is -2.08. The maximum Gasteiger partial charge on any atom is 0.0369 e. The van der Waals surface area contributed by atoms with E-state index in [-0.39, 0.29) is 0 Å². The minimum atomic E-state index is 1.04. The molecule has 2 heteroatoms. The Kier molecular flexibility index (Phi) is 5.75. The topological polar surface area (TPSA) is 15.6 Å². The summed E-state index contributed by atoms with van der Waals surface area (Å²) in [5.41, 5.74) is 1.17. The van der Waals surface area contributed by atoms with Gasteiger partial charge in [-0.3, -0.25) is 4.99 Å². The second-order valence-electron chi connectivity index (χ2n) is 2.72. The van der Waals surface area contributed by atoms with Gasteiger partial charge in [0.15, 0.2) is 0 Å². The van der Waals surface area contributed by atoms with E-state index in [4.69, 9.17) is 0 Å². The van der Waals surface area contributed by atoms with Crippen molar-refractivity contribution in [3.63, 3.8) is 0 Å². The van der Waals surface area contributed by atoms with Crippen molar-refractivity contribution in [2.24, 2.45) is 4.99 Å². The molecule has 0 unspecified atom stereocenters. The highest BCUT2D eigenvalue weighted by atomic mass is 15.0. The van der Waals surface area contributed by atoms with Crippen LogP contribution in [-0.2, 0) is 0 Å². The van der Waals surface area contributed by atoms with Crippen molar-refractivity contribution in [3.05, 3.63) is 11.8 Å². The van der Waals surface area contributed by atoms with Crippen LogP contribution in [0.5, 0.6) is 0 Å². The van der Waals surface area contributed by atoms with Crippen LogP contribution >= 0.6 is 0 Å². The maximum absolute atomic E-state index is 4.22. The number of aliphatic imine (C=N–C) groups is 1. The van der Waals surface area contributed by atoms with Gasteiger partial charge < -0.3 is 4.90 Å². The van der Waals surface area contributed by atoms with Crippen LogP contribution in [0.25, 0.3) is 0 Å². The highest BCUT2D eigenvalue weighted by molar-refractivity contribution is 5.55. The zero-order chi connectivity index (χ0) is 8.69. The van der Waals surface area contributed by atoms with Crippen molar-refractivity contribution >= 4 is 6.21 Å². The van der Waals surface area contributed by atoms with Crippen molar-refractivity contribution in [2.45, 2.75) is 20.3 Å². The van der Waals surface area contributed by atoms with E-state index in [0.29, 0.717) is 0 Å². The average molecular weight is 154 g/mol. The molecule has 0 heterocycles. The first kappa shape index (κ1) is 10.4. The fraction of sp³-hybridized carbons (Fsp3) is 0.667. The third-order valence-corrected chi connectivity index (χ3v) is 1.44. The predicted octanol–water partition coefficient (Wildman–Crippen LogP) is 1.93. The van der Waals surface area contributed by atoms with Gasteiger partial charge in [-0.2, -0.15) is 0 Å². The van der Waals surface area contributed by atoms with Gasteiger partial charge in [0, 0.05) is 24.9 Å². The summed E-state index contributed by atoms with van der Waals surface area (Å²) in [7, 11) is 4.14. The Bertz CT molecular complexity index is 146. The van der Waals surface area contributed by atoms with Crippen molar-refractivity contribution in [1.82, 2.24) is 4.90 Å². The molecule has 0 aliphatic rings. The second kappa shape index (κ2) is 6.10. The lowest BCUT2D eigenvalue weighted by molar-refractivity contribution is 0.412. The summed E-state index contributed by atoms with van der Waals surface area (Å²) in [5.74, 6) is 0. The fourth-order valence-electron chi connectivity index (χ4n) is 0.787. The van der Waals surface area contributed by atoms with Crippen LogP contribution < -0.4 is 0 Å². The highest BCUT2D eigenvalue weighted by Gasteiger charge is 1.93. The van der Waals surface area contributed by atoms with Crippen LogP contribution in [0.3, 0.4) is 0 Å². The Labute approximate surface area is 69.6 Å². The number of allylic oxidation sites excluding steroid dienone is 1. The largest absolute Gasteiger partial charge is 0.309 e. The summed E-state index contributed by atoms with van der Waals surface area (Å²) in [6, 6.07) is 0. The fourth-order valence-corrected chi connectivity index (χ4v) is 0.787. The van der Waals surface area contributed by atoms with Crippen molar-refractivity contribution in [3.8, 4) is 0 Å². The smallest absolute Gasteiger partial charge is 0.0369 e. The molecule has 0 fully saturated rings. The van der Waals surface area contributed by atoms with E-state index in [0.717, 1.165) is 13.0 Å². The first-order chi connectivity index (χ1) is 5.20. The molecular weight excluding hydrogens is 136 g/mol. The van der Waals surface area contributed by atoms with Crippen LogP contribution in [0.1, 0.15) is 20.3 Å². The highest BCUT2D eigenvalue weighted by Crippen LogP contribution is 2.02. The summed E-state index contributed by atoms with van der Waals surface area (Å²) in [4.78, 5) is 6.39. The van der Waals surface area contributed by atoms with E-state index in [1.165, 1.54) is 5.70 Å². The quantitative estimate of drug-likeness (QED) is 0.565. The van der Waals surface area contributed by atoms with E-state index in [1.807, 2.05) is 20.1 Å². The molecule has 0 rings (SSSR count). The van der Waals surface area contributed by atoms with Gasteiger partial charge in [0.05, 0.1) is 0 Å². The third-order valence-electron chi connectivity index (χ3n) is 1.44. The lowest BCUT2D eigenvalue weighted by Crippen LogP contribution is -2.13. The molecule has 2 nitrogen and oxygen atoms in total. The summed E-state index contributed by atoms with van der Waals surface area (Å²) in [6.45, 7) is 5.04. The lowest BCUT2D eigenvalue weighted by atomic mass is 10.3. The zero-order valence-corrected chi connectivity index (χ0v) is 7.96. The monoisotopic (exact) mass is 154 g/mol. The van der Waals surface area contributed by atoms with Gasteiger partial charge in [0.1, 0.15) is 0 Å². The van der Waals surface area contributed by atoms with Crippen LogP contribution in [0, 0.1) is 0 Å². The minimum Gasteiger partial charge on any atom is -0.309 e. The molecule has 0 bridgehead atoms. The number of rotatable bonds is 4. The Morgan fingerprint density at radius 3 is 2.36 bits per heavy atom. The Morgan fingerprint density at radius 2 is 2.00 bits per heavy atom. The SMILES string of the molecule is CC=N/C(=C\C)CCN(C)C. The first-order valence-corrected chi connectivity index (χ1v) is 3.99. The molecule has 0 aromatic rings. The average Bonchev–Trinajstić information content (AvgIpc) is 1.97. The van der Waals surface area contributed by atoms with E-state index in [2.05, 4.69) is 30.1 Å². The van der Waals surface area contributed by atoms with E-state index < -0.39 is 0 Å². The van der Waals surface area contributed by atoms with Crippen molar-refractivity contribution < 1.29 is 0 Å². The first-order valence-electron chi connectivity index (χ1n) is 3.99. The third kappa shape index (κ3) is 5.80. The molecule has 0 aliphatic carbocycles. The number of nitrogens with zero attached hydrogens (tertiary/aromatic N) is 2. The molecule has 0 spiro atoms. The molecule has 0 aromatic heterocycles. The summed E-state index contributed by atoms with van der Waals surface area (Å²) in [6.07, 6.45) is 4.93. The summed E-state index contributed by atoms with van der Waals surface area (Å²) < 4.78 is 0. The molecule has 0 N–H and O–H groups in total. The molecule has 0 saturated heterocycles. The Morgan fingerprint density at radius 1 is 1.36 bits per heavy atom. The summed E-state index contributed by atoms with van der Waals surface area (Å²) in [5, 5.41) is 0. The molecule has 0 atom stereocenters. The van der Waals surface area contributed by atoms with Crippen LogP contribution in [-0.4, -0.2) is 31.8 Å². The molecule has 0 aliphatic heterocycles. The minimum absolute atomic E-state index is 1.04. The van der Waals surface area contributed by atoms with Gasteiger partial charge in [0.25, 0.3) is 0 Å². The van der Waals surface area contributed by atoms with Crippen molar-refractivity contribution in [2.75, 3.05) is 20.6 Å². The molecule has 64 valence electrons. The standard InChI is InChI=1S/C9H18N2/c1-5-9(10-6-2)7-8-11(3)4/h5-6H,7-8H2,1-4H3/b9-5-,10-6?. The van der Waals surface area contributed by atoms with Crippen LogP contribution in [0.2, 0.25) is 0 Å². The van der Waals surface area contributed by atoms with Crippen LogP contribution in [0.4, 0.5) is 0 Å². The number of hydrogen-bond donors (Lipinski definition) is 0. The van der Waals surface area contributed by atoms with Crippen LogP contribution in [0.15, 0.2) is 16.8 Å². The van der Waals surface area contributed by atoms with Gasteiger partial charge in [-0.25, -0.2) is 0 Å². The predicted molar refractivity (Wildman–Crippen MR) is 51.1 cm³/mol.